The van der Waals surface area contributed by atoms with Crippen LogP contribution in [0.15, 0.2) is 40.8 Å². The van der Waals surface area contributed by atoms with Crippen LogP contribution in [0, 0.1) is 6.92 Å². The van der Waals surface area contributed by atoms with Gasteiger partial charge in [-0.1, -0.05) is 36.4 Å². The first-order chi connectivity index (χ1) is 10.3. The second kappa shape index (κ2) is 4.62. The standard InChI is InChI=1S/C18H17NO2/c1-12-14-9-8-13-6-2-3-7-15(13)17(14)21-16(12)18(20)19-10-4-5-11-19/h2-3,6-9H,4-5,10-11H2,1H3. The lowest BCUT2D eigenvalue weighted by Crippen LogP contribution is -2.27. The van der Waals surface area contributed by atoms with E-state index in [0.29, 0.717) is 5.76 Å². The molecule has 0 bridgehead atoms. The first-order valence-electron chi connectivity index (χ1n) is 7.46. The molecule has 0 unspecified atom stereocenters. The van der Waals surface area contributed by atoms with Crippen LogP contribution in [-0.2, 0) is 0 Å². The van der Waals surface area contributed by atoms with Gasteiger partial charge < -0.3 is 9.32 Å². The first-order valence-corrected chi connectivity index (χ1v) is 7.46. The van der Waals surface area contributed by atoms with Crippen LogP contribution >= 0.6 is 0 Å². The third kappa shape index (κ3) is 1.84. The minimum atomic E-state index is 0.0327. The van der Waals surface area contributed by atoms with E-state index in [1.165, 1.54) is 0 Å². The zero-order valence-electron chi connectivity index (χ0n) is 12.1. The Hall–Kier alpha value is -2.29. The van der Waals surface area contributed by atoms with Crippen LogP contribution in [0.4, 0.5) is 0 Å². The number of aryl methyl sites for hydroxylation is 1. The minimum absolute atomic E-state index is 0.0327. The van der Waals surface area contributed by atoms with Crippen LogP contribution in [0.2, 0.25) is 0 Å². The third-order valence-electron chi connectivity index (χ3n) is 4.42. The molecule has 3 aromatic rings. The van der Waals surface area contributed by atoms with Gasteiger partial charge in [0.05, 0.1) is 0 Å². The van der Waals surface area contributed by atoms with Crippen molar-refractivity contribution in [3.63, 3.8) is 0 Å². The quantitative estimate of drug-likeness (QED) is 0.671. The summed E-state index contributed by atoms with van der Waals surface area (Å²) in [4.78, 5) is 14.5. The van der Waals surface area contributed by atoms with E-state index in [4.69, 9.17) is 4.42 Å². The summed E-state index contributed by atoms with van der Waals surface area (Å²) in [5.41, 5.74) is 1.78. The Kier molecular flexibility index (Phi) is 2.74. The highest BCUT2D eigenvalue weighted by Gasteiger charge is 2.25. The summed E-state index contributed by atoms with van der Waals surface area (Å²) in [6.07, 6.45) is 2.18. The van der Waals surface area contributed by atoms with Gasteiger partial charge in [-0.05, 0) is 25.2 Å². The number of hydrogen-bond donors (Lipinski definition) is 0. The summed E-state index contributed by atoms with van der Waals surface area (Å²) in [6, 6.07) is 12.3. The Labute approximate surface area is 123 Å². The van der Waals surface area contributed by atoms with Crippen LogP contribution in [-0.4, -0.2) is 23.9 Å². The predicted octanol–water partition coefficient (Wildman–Crippen LogP) is 4.13. The molecule has 1 aromatic heterocycles. The number of carbonyl (C=O) groups excluding carboxylic acids is 1. The molecule has 1 saturated heterocycles. The summed E-state index contributed by atoms with van der Waals surface area (Å²) in [7, 11) is 0. The van der Waals surface area contributed by atoms with Gasteiger partial charge in [0, 0.05) is 29.4 Å². The minimum Gasteiger partial charge on any atom is -0.450 e. The number of benzene rings is 2. The molecule has 2 heterocycles. The number of nitrogens with zero attached hydrogens (tertiary/aromatic N) is 1. The molecule has 1 fully saturated rings. The van der Waals surface area contributed by atoms with Crippen molar-refractivity contribution in [1.82, 2.24) is 4.90 Å². The van der Waals surface area contributed by atoms with Gasteiger partial charge in [-0.25, -0.2) is 0 Å². The lowest BCUT2D eigenvalue weighted by molar-refractivity contribution is 0.0763. The van der Waals surface area contributed by atoms with Crippen LogP contribution < -0.4 is 0 Å². The van der Waals surface area contributed by atoms with Crippen molar-refractivity contribution in [2.75, 3.05) is 13.1 Å². The molecule has 0 N–H and O–H groups in total. The molecule has 1 aliphatic heterocycles. The van der Waals surface area contributed by atoms with E-state index in [-0.39, 0.29) is 5.91 Å². The predicted molar refractivity (Wildman–Crippen MR) is 83.6 cm³/mol. The van der Waals surface area contributed by atoms with E-state index in [9.17, 15) is 4.79 Å². The van der Waals surface area contributed by atoms with Crippen LogP contribution in [0.1, 0.15) is 29.0 Å². The maximum absolute atomic E-state index is 12.6. The average molecular weight is 279 g/mol. The van der Waals surface area contributed by atoms with E-state index in [0.717, 1.165) is 53.2 Å². The Morgan fingerprint density at radius 1 is 1.05 bits per heavy atom. The number of carbonyl (C=O) groups is 1. The van der Waals surface area contributed by atoms with Crippen LogP contribution in [0.3, 0.4) is 0 Å². The molecule has 106 valence electrons. The topological polar surface area (TPSA) is 33.5 Å². The van der Waals surface area contributed by atoms with Crippen molar-refractivity contribution in [3.8, 4) is 0 Å². The first kappa shape index (κ1) is 12.5. The monoisotopic (exact) mass is 279 g/mol. The smallest absolute Gasteiger partial charge is 0.289 e. The van der Waals surface area contributed by atoms with Crippen LogP contribution in [0.25, 0.3) is 21.7 Å². The molecule has 2 aromatic carbocycles. The molecule has 4 rings (SSSR count). The average Bonchev–Trinajstić information content (AvgIpc) is 3.15. The molecule has 1 amide bonds. The van der Waals surface area contributed by atoms with Crippen LogP contribution in [0.5, 0.6) is 0 Å². The lowest BCUT2D eigenvalue weighted by Gasteiger charge is -2.13. The van der Waals surface area contributed by atoms with Gasteiger partial charge in [0.2, 0.25) is 0 Å². The normalized spacial score (nSPS) is 15.2. The fourth-order valence-electron chi connectivity index (χ4n) is 3.22. The third-order valence-corrected chi connectivity index (χ3v) is 4.42. The number of rotatable bonds is 1. The van der Waals surface area contributed by atoms with E-state index in [1.54, 1.807) is 0 Å². The highest BCUT2D eigenvalue weighted by atomic mass is 16.3. The summed E-state index contributed by atoms with van der Waals surface area (Å²) in [5, 5.41) is 3.24. The van der Waals surface area contributed by atoms with Crippen molar-refractivity contribution in [1.29, 1.82) is 0 Å². The number of furan rings is 1. The molecular weight excluding hydrogens is 262 g/mol. The van der Waals surface area contributed by atoms with Crippen molar-refractivity contribution in [3.05, 3.63) is 47.7 Å². The summed E-state index contributed by atoms with van der Waals surface area (Å²) in [5.74, 6) is 0.536. The number of hydrogen-bond acceptors (Lipinski definition) is 2. The van der Waals surface area contributed by atoms with E-state index in [1.807, 2.05) is 30.0 Å². The van der Waals surface area contributed by atoms with E-state index >= 15 is 0 Å². The van der Waals surface area contributed by atoms with E-state index in [2.05, 4.69) is 18.2 Å². The lowest BCUT2D eigenvalue weighted by atomic mass is 10.1. The van der Waals surface area contributed by atoms with Gasteiger partial charge in [0.1, 0.15) is 5.58 Å². The molecule has 3 nitrogen and oxygen atoms in total. The highest BCUT2D eigenvalue weighted by Crippen LogP contribution is 2.32. The van der Waals surface area contributed by atoms with Crippen molar-refractivity contribution >= 4 is 27.6 Å². The number of fused-ring (bicyclic) bond motifs is 3. The Morgan fingerprint density at radius 2 is 1.81 bits per heavy atom. The molecule has 0 spiro atoms. The van der Waals surface area contributed by atoms with Crippen molar-refractivity contribution in [2.45, 2.75) is 19.8 Å². The van der Waals surface area contributed by atoms with Gasteiger partial charge in [-0.2, -0.15) is 0 Å². The zero-order valence-corrected chi connectivity index (χ0v) is 12.1. The Balaban J connectivity index is 1.92. The number of amides is 1. The fraction of sp³-hybridized carbons (Fsp3) is 0.278. The fourth-order valence-corrected chi connectivity index (χ4v) is 3.22. The van der Waals surface area contributed by atoms with Gasteiger partial charge in [-0.15, -0.1) is 0 Å². The second-order valence-electron chi connectivity index (χ2n) is 5.72. The van der Waals surface area contributed by atoms with Gasteiger partial charge >= 0.3 is 0 Å². The highest BCUT2D eigenvalue weighted by molar-refractivity contribution is 6.08. The SMILES string of the molecule is Cc1c(C(=O)N2CCCC2)oc2c1ccc1ccccc12. The largest absolute Gasteiger partial charge is 0.450 e. The van der Waals surface area contributed by atoms with Crippen molar-refractivity contribution in [2.24, 2.45) is 0 Å². The molecule has 1 aliphatic rings. The molecule has 3 heteroatoms. The maximum atomic E-state index is 12.6. The van der Waals surface area contributed by atoms with Gasteiger partial charge in [0.25, 0.3) is 5.91 Å². The maximum Gasteiger partial charge on any atom is 0.289 e. The van der Waals surface area contributed by atoms with Gasteiger partial charge in [0.15, 0.2) is 5.76 Å². The molecule has 0 atom stereocenters. The summed E-state index contributed by atoms with van der Waals surface area (Å²) < 4.78 is 6.00. The van der Waals surface area contributed by atoms with E-state index < -0.39 is 0 Å². The molecule has 0 radical (unpaired) electrons. The molecular formula is C18H17NO2. The second-order valence-corrected chi connectivity index (χ2v) is 5.72. The molecule has 0 aliphatic carbocycles. The summed E-state index contributed by atoms with van der Waals surface area (Å²) in [6.45, 7) is 3.66. The zero-order chi connectivity index (χ0) is 14.4. The van der Waals surface area contributed by atoms with Crippen molar-refractivity contribution < 1.29 is 9.21 Å². The Bertz CT molecular complexity index is 841. The Morgan fingerprint density at radius 3 is 2.62 bits per heavy atom. The number of likely N-dealkylation sites (tertiary alicyclic amines) is 1. The van der Waals surface area contributed by atoms with Gasteiger partial charge in [-0.3, -0.25) is 4.79 Å². The molecule has 0 saturated carbocycles. The summed E-state index contributed by atoms with van der Waals surface area (Å²) >= 11 is 0. The molecule has 21 heavy (non-hydrogen) atoms.